The van der Waals surface area contributed by atoms with Crippen molar-refractivity contribution in [3.63, 3.8) is 0 Å². The Bertz CT molecular complexity index is 529. The quantitative estimate of drug-likeness (QED) is 0.928. The molecule has 0 saturated carbocycles. The van der Waals surface area contributed by atoms with Crippen LogP contribution in [0.2, 0.25) is 0 Å². The molecule has 9 heteroatoms. The first-order valence-electron chi connectivity index (χ1n) is 5.83. The lowest BCUT2D eigenvalue weighted by Crippen LogP contribution is -2.25. The number of H-pyrrole nitrogens is 1. The third kappa shape index (κ3) is 3.33. The molecular weight excluding hydrogens is 295 g/mol. The maximum absolute atomic E-state index is 12.5. The van der Waals surface area contributed by atoms with E-state index in [9.17, 15) is 22.8 Å². The predicted molar refractivity (Wildman–Crippen MR) is 67.2 cm³/mol. The van der Waals surface area contributed by atoms with Gasteiger partial charge in [-0.15, -0.1) is 0 Å². The van der Waals surface area contributed by atoms with Crippen LogP contribution < -0.4 is 4.90 Å². The standard InChI is InChI=1S/C11H12F3N3O2S/c1-6(18)20-5-7-2-10(19)17(4-7)9-3-8(15-16-9)11(12,13)14/h3,7H,2,4-5H2,1H3,(H,15,16). The topological polar surface area (TPSA) is 66.1 Å². The Balaban J connectivity index is 2.04. The maximum atomic E-state index is 12.5. The minimum absolute atomic E-state index is 0.0300. The van der Waals surface area contributed by atoms with Crippen LogP contribution >= 0.6 is 11.8 Å². The Hall–Kier alpha value is -1.51. The average Bonchev–Trinajstić information content (AvgIpc) is 2.91. The Morgan fingerprint density at radius 1 is 1.60 bits per heavy atom. The van der Waals surface area contributed by atoms with Crippen LogP contribution in [0.15, 0.2) is 6.07 Å². The van der Waals surface area contributed by atoms with Gasteiger partial charge in [-0.25, -0.2) is 0 Å². The lowest BCUT2D eigenvalue weighted by atomic mass is 10.1. The number of nitrogens with one attached hydrogen (secondary N) is 1. The van der Waals surface area contributed by atoms with Gasteiger partial charge in [-0.3, -0.25) is 19.6 Å². The zero-order chi connectivity index (χ0) is 14.9. The van der Waals surface area contributed by atoms with Gasteiger partial charge in [0.2, 0.25) is 5.91 Å². The summed E-state index contributed by atoms with van der Waals surface area (Å²) in [7, 11) is 0. The molecule has 1 aliphatic heterocycles. The fourth-order valence-corrected chi connectivity index (χ4v) is 2.64. The summed E-state index contributed by atoms with van der Waals surface area (Å²) >= 11 is 1.11. The van der Waals surface area contributed by atoms with Crippen molar-refractivity contribution >= 4 is 28.6 Å². The number of hydrogen-bond donors (Lipinski definition) is 1. The summed E-state index contributed by atoms with van der Waals surface area (Å²) in [4.78, 5) is 23.9. The number of alkyl halides is 3. The Morgan fingerprint density at radius 3 is 2.85 bits per heavy atom. The summed E-state index contributed by atoms with van der Waals surface area (Å²) < 4.78 is 37.4. The van der Waals surface area contributed by atoms with Crippen molar-refractivity contribution in [1.29, 1.82) is 0 Å². The van der Waals surface area contributed by atoms with Gasteiger partial charge >= 0.3 is 6.18 Å². The lowest BCUT2D eigenvalue weighted by Gasteiger charge is -2.12. The van der Waals surface area contributed by atoms with Crippen LogP contribution in [0.3, 0.4) is 0 Å². The molecule has 1 amide bonds. The summed E-state index contributed by atoms with van der Waals surface area (Å²) in [5.74, 6) is 0.119. The van der Waals surface area contributed by atoms with E-state index in [2.05, 4.69) is 5.10 Å². The van der Waals surface area contributed by atoms with Crippen molar-refractivity contribution in [1.82, 2.24) is 10.2 Å². The highest BCUT2D eigenvalue weighted by Crippen LogP contribution is 2.32. The van der Waals surface area contributed by atoms with E-state index in [0.717, 1.165) is 17.8 Å². The molecule has 1 N–H and O–H groups in total. The number of nitrogens with zero attached hydrogens (tertiary/aromatic N) is 2. The average molecular weight is 307 g/mol. The molecule has 2 heterocycles. The van der Waals surface area contributed by atoms with Gasteiger partial charge in [0.25, 0.3) is 0 Å². The molecule has 1 saturated heterocycles. The molecule has 1 fully saturated rings. The Labute approximate surface area is 116 Å². The van der Waals surface area contributed by atoms with Crippen molar-refractivity contribution < 1.29 is 22.8 Å². The highest BCUT2D eigenvalue weighted by atomic mass is 32.2. The first-order valence-corrected chi connectivity index (χ1v) is 6.82. The van der Waals surface area contributed by atoms with E-state index < -0.39 is 11.9 Å². The Morgan fingerprint density at radius 2 is 2.30 bits per heavy atom. The van der Waals surface area contributed by atoms with Crippen LogP contribution in [-0.4, -0.2) is 33.5 Å². The first kappa shape index (κ1) is 14.9. The number of halogens is 3. The molecule has 0 bridgehead atoms. The van der Waals surface area contributed by atoms with E-state index >= 15 is 0 Å². The molecule has 2 rings (SSSR count). The molecule has 0 aliphatic carbocycles. The summed E-state index contributed by atoms with van der Waals surface area (Å²) in [6.07, 6.45) is -4.30. The maximum Gasteiger partial charge on any atom is 0.432 e. The second-order valence-electron chi connectivity index (χ2n) is 4.51. The third-order valence-corrected chi connectivity index (χ3v) is 3.92. The number of carbonyl (C=O) groups is 2. The fraction of sp³-hybridized carbons (Fsp3) is 0.545. The largest absolute Gasteiger partial charge is 0.432 e. The van der Waals surface area contributed by atoms with Gasteiger partial charge in [0.1, 0.15) is 5.69 Å². The van der Waals surface area contributed by atoms with E-state index in [1.54, 1.807) is 0 Å². The highest BCUT2D eigenvalue weighted by molar-refractivity contribution is 8.13. The molecule has 20 heavy (non-hydrogen) atoms. The molecule has 1 unspecified atom stereocenters. The van der Waals surface area contributed by atoms with Gasteiger partial charge in [0.15, 0.2) is 10.9 Å². The van der Waals surface area contributed by atoms with Crippen LogP contribution in [0.5, 0.6) is 0 Å². The molecule has 1 aromatic rings. The summed E-state index contributed by atoms with van der Waals surface area (Å²) in [5, 5.41) is 5.36. The number of anilines is 1. The number of aromatic amines is 1. The van der Waals surface area contributed by atoms with Crippen molar-refractivity contribution in [3.8, 4) is 0 Å². The zero-order valence-corrected chi connectivity index (χ0v) is 11.3. The molecule has 0 radical (unpaired) electrons. The number of amides is 1. The summed E-state index contributed by atoms with van der Waals surface area (Å²) in [5.41, 5.74) is -0.984. The van der Waals surface area contributed by atoms with Crippen molar-refractivity contribution in [3.05, 3.63) is 11.8 Å². The monoisotopic (exact) mass is 307 g/mol. The van der Waals surface area contributed by atoms with Crippen molar-refractivity contribution in [2.45, 2.75) is 19.5 Å². The first-order chi connectivity index (χ1) is 9.27. The summed E-state index contributed by atoms with van der Waals surface area (Å²) in [6, 6.07) is 0.818. The van der Waals surface area contributed by atoms with Crippen molar-refractivity contribution in [2.75, 3.05) is 17.2 Å². The Kier molecular flexibility index (Phi) is 4.07. The SMILES string of the molecule is CC(=O)SCC1CC(=O)N(c2cc(C(F)(F)F)[nH]n2)C1. The van der Waals surface area contributed by atoms with Crippen LogP contribution in [0.4, 0.5) is 19.0 Å². The van der Waals surface area contributed by atoms with E-state index in [1.807, 2.05) is 5.10 Å². The van der Waals surface area contributed by atoms with E-state index in [0.29, 0.717) is 5.75 Å². The van der Waals surface area contributed by atoms with Gasteiger partial charge in [-0.05, 0) is 5.92 Å². The van der Waals surface area contributed by atoms with Crippen LogP contribution in [0, 0.1) is 5.92 Å². The van der Waals surface area contributed by atoms with E-state index in [4.69, 9.17) is 0 Å². The third-order valence-electron chi connectivity index (χ3n) is 2.87. The van der Waals surface area contributed by atoms with Gasteiger partial charge in [-0.2, -0.15) is 18.3 Å². The predicted octanol–water partition coefficient (Wildman–Crippen LogP) is 2.06. The number of rotatable bonds is 3. The molecule has 5 nitrogen and oxygen atoms in total. The zero-order valence-electron chi connectivity index (χ0n) is 10.5. The minimum atomic E-state index is -4.52. The molecular formula is C11H12F3N3O2S. The van der Waals surface area contributed by atoms with Gasteiger partial charge in [-0.1, -0.05) is 11.8 Å². The van der Waals surface area contributed by atoms with Crippen LogP contribution in [-0.2, 0) is 15.8 Å². The van der Waals surface area contributed by atoms with Crippen LogP contribution in [0.1, 0.15) is 19.0 Å². The number of thioether (sulfide) groups is 1. The molecule has 1 aromatic heterocycles. The summed E-state index contributed by atoms with van der Waals surface area (Å²) in [6.45, 7) is 1.71. The second-order valence-corrected chi connectivity index (χ2v) is 5.71. The van der Waals surface area contributed by atoms with E-state index in [1.165, 1.54) is 11.8 Å². The van der Waals surface area contributed by atoms with Crippen molar-refractivity contribution in [2.24, 2.45) is 5.92 Å². The number of aromatic nitrogens is 2. The van der Waals surface area contributed by atoms with Gasteiger partial charge in [0.05, 0.1) is 0 Å². The molecule has 1 atom stereocenters. The molecule has 110 valence electrons. The normalized spacial score (nSPS) is 19.7. The second kappa shape index (κ2) is 5.47. The molecule has 0 spiro atoms. The smallest absolute Gasteiger partial charge is 0.295 e. The highest BCUT2D eigenvalue weighted by Gasteiger charge is 2.36. The van der Waals surface area contributed by atoms with E-state index in [-0.39, 0.29) is 35.7 Å². The molecule has 0 aromatic carbocycles. The van der Waals surface area contributed by atoms with Crippen LogP contribution in [0.25, 0.3) is 0 Å². The minimum Gasteiger partial charge on any atom is -0.295 e. The molecule has 1 aliphatic rings. The number of carbonyl (C=O) groups excluding carboxylic acids is 2. The number of hydrogen-bond acceptors (Lipinski definition) is 4. The fourth-order valence-electron chi connectivity index (χ4n) is 1.94. The van der Waals surface area contributed by atoms with Gasteiger partial charge in [0, 0.05) is 31.7 Å². The lowest BCUT2D eigenvalue weighted by molar-refractivity contribution is -0.141. The van der Waals surface area contributed by atoms with Gasteiger partial charge < -0.3 is 0 Å².